The SMILES string of the molecule is Cc1nc2c(OCc3c(F)cccc3F)cc(Cl)cn2c1C(=O)NC(C)CNC(=O)OC(C)(C)C.O=C(O)C(F)(F)F. The van der Waals surface area contributed by atoms with Crippen LogP contribution in [-0.4, -0.2) is 56.8 Å². The molecule has 2 aromatic heterocycles. The quantitative estimate of drug-likeness (QED) is 0.300. The van der Waals surface area contributed by atoms with Crippen LogP contribution in [0.2, 0.25) is 5.02 Å². The Labute approximate surface area is 241 Å². The number of nitrogens with zero attached hydrogens (tertiary/aromatic N) is 2. The molecule has 1 unspecified atom stereocenters. The molecule has 0 fully saturated rings. The van der Waals surface area contributed by atoms with Crippen molar-refractivity contribution < 1.29 is 50.9 Å². The molecule has 3 N–H and O–H groups in total. The maximum Gasteiger partial charge on any atom is 0.490 e. The van der Waals surface area contributed by atoms with Gasteiger partial charge in [-0.3, -0.25) is 9.20 Å². The van der Waals surface area contributed by atoms with Crippen LogP contribution in [0.25, 0.3) is 5.65 Å². The Morgan fingerprint density at radius 1 is 1.14 bits per heavy atom. The number of benzene rings is 1. The van der Waals surface area contributed by atoms with Crippen LogP contribution in [0, 0.1) is 18.6 Å². The molecule has 0 aliphatic rings. The first-order valence-electron chi connectivity index (χ1n) is 12.1. The van der Waals surface area contributed by atoms with Crippen LogP contribution >= 0.6 is 11.6 Å². The second kappa shape index (κ2) is 13.7. The van der Waals surface area contributed by atoms with Crippen molar-refractivity contribution in [2.24, 2.45) is 0 Å². The standard InChI is InChI=1S/C24H27ClF2N4O4.C2HF3O2/c1-13(10-28-23(33)35-24(3,4)5)29-22(32)20-14(2)30-21-19(9-15(25)11-31(20)21)34-12-16-17(26)7-6-8-18(16)27;3-2(4,5)1(6)7/h6-9,11,13H,10,12H2,1-5H3,(H,28,33)(H,29,32);(H,6,7). The number of hydrogen-bond acceptors (Lipinski definition) is 6. The van der Waals surface area contributed by atoms with E-state index in [4.69, 9.17) is 31.0 Å². The number of carboxylic acid groups (broad SMARTS) is 1. The molecule has 0 spiro atoms. The van der Waals surface area contributed by atoms with Gasteiger partial charge >= 0.3 is 18.2 Å². The van der Waals surface area contributed by atoms with Crippen molar-refractivity contribution in [3.8, 4) is 5.75 Å². The van der Waals surface area contributed by atoms with E-state index in [1.807, 2.05) is 0 Å². The second-order valence-electron chi connectivity index (χ2n) is 9.81. The Morgan fingerprint density at radius 2 is 1.71 bits per heavy atom. The van der Waals surface area contributed by atoms with Crippen molar-refractivity contribution in [3.63, 3.8) is 0 Å². The number of alkyl halides is 3. The van der Waals surface area contributed by atoms with Gasteiger partial charge in [0.15, 0.2) is 11.4 Å². The Bertz CT molecular complexity index is 1440. The predicted molar refractivity (Wildman–Crippen MR) is 140 cm³/mol. The van der Waals surface area contributed by atoms with E-state index in [0.29, 0.717) is 5.69 Å². The van der Waals surface area contributed by atoms with Crippen molar-refractivity contribution in [2.75, 3.05) is 6.54 Å². The Morgan fingerprint density at radius 3 is 2.24 bits per heavy atom. The van der Waals surface area contributed by atoms with Gasteiger partial charge in [-0.05, 0) is 46.8 Å². The molecule has 42 heavy (non-hydrogen) atoms. The maximum absolute atomic E-state index is 14.0. The number of alkyl carbamates (subject to hydrolysis) is 1. The van der Waals surface area contributed by atoms with Crippen molar-refractivity contribution in [1.82, 2.24) is 20.0 Å². The molecule has 0 saturated heterocycles. The fourth-order valence-electron chi connectivity index (χ4n) is 3.29. The smallest absolute Gasteiger partial charge is 0.485 e. The average molecular weight is 623 g/mol. The van der Waals surface area contributed by atoms with Crippen LogP contribution in [0.5, 0.6) is 5.75 Å². The number of hydrogen-bond donors (Lipinski definition) is 3. The van der Waals surface area contributed by atoms with E-state index in [1.165, 1.54) is 22.7 Å². The van der Waals surface area contributed by atoms with E-state index >= 15 is 0 Å². The van der Waals surface area contributed by atoms with Crippen LogP contribution in [0.1, 0.15) is 49.4 Å². The highest BCUT2D eigenvalue weighted by Gasteiger charge is 2.38. The minimum absolute atomic E-state index is 0.139. The number of aryl methyl sites for hydroxylation is 1. The first-order chi connectivity index (χ1) is 19.3. The summed E-state index contributed by atoms with van der Waals surface area (Å²) in [4.78, 5) is 38.2. The number of carbonyl (C=O) groups excluding carboxylic acids is 2. The Balaban J connectivity index is 0.000000782. The lowest BCUT2D eigenvalue weighted by atomic mass is 10.2. The second-order valence-corrected chi connectivity index (χ2v) is 10.2. The lowest BCUT2D eigenvalue weighted by molar-refractivity contribution is -0.192. The van der Waals surface area contributed by atoms with Crippen LogP contribution < -0.4 is 15.4 Å². The van der Waals surface area contributed by atoms with E-state index in [0.717, 1.165) is 12.1 Å². The summed E-state index contributed by atoms with van der Waals surface area (Å²) in [5.74, 6) is -4.54. The molecule has 0 radical (unpaired) electrons. The predicted octanol–water partition coefficient (Wildman–Crippen LogP) is 5.43. The van der Waals surface area contributed by atoms with E-state index in [2.05, 4.69) is 15.6 Å². The van der Waals surface area contributed by atoms with Gasteiger partial charge in [-0.15, -0.1) is 0 Å². The van der Waals surface area contributed by atoms with Gasteiger partial charge in [-0.1, -0.05) is 17.7 Å². The molecule has 2 heterocycles. The normalized spacial score (nSPS) is 12.2. The Kier molecular flexibility index (Phi) is 11.1. The summed E-state index contributed by atoms with van der Waals surface area (Å²) < 4.78 is 72.0. The van der Waals surface area contributed by atoms with Gasteiger partial charge in [-0.2, -0.15) is 13.2 Å². The summed E-state index contributed by atoms with van der Waals surface area (Å²) in [6.07, 6.45) is -4.18. The summed E-state index contributed by atoms with van der Waals surface area (Å²) in [5, 5.41) is 12.7. The van der Waals surface area contributed by atoms with Gasteiger partial charge < -0.3 is 25.2 Å². The number of pyridine rings is 1. The number of fused-ring (bicyclic) bond motifs is 1. The fraction of sp³-hybridized carbons (Fsp3) is 0.385. The first kappa shape index (κ1) is 34.1. The zero-order valence-corrected chi connectivity index (χ0v) is 23.8. The van der Waals surface area contributed by atoms with E-state index in [-0.39, 0.29) is 34.2 Å². The topological polar surface area (TPSA) is 131 Å². The number of imidazole rings is 1. The molecule has 16 heteroatoms. The molecule has 0 saturated carbocycles. The summed E-state index contributed by atoms with van der Waals surface area (Å²) in [6.45, 7) is 8.36. The summed E-state index contributed by atoms with van der Waals surface area (Å²) in [5.41, 5.74) is -0.0274. The van der Waals surface area contributed by atoms with E-state index in [1.54, 1.807) is 34.6 Å². The van der Waals surface area contributed by atoms with Crippen molar-refractivity contribution in [2.45, 2.75) is 59.0 Å². The van der Waals surface area contributed by atoms with Gasteiger partial charge in [0.05, 0.1) is 16.3 Å². The molecule has 230 valence electrons. The highest BCUT2D eigenvalue weighted by molar-refractivity contribution is 6.30. The molecular weight excluding hydrogens is 595 g/mol. The summed E-state index contributed by atoms with van der Waals surface area (Å²) in [6, 6.07) is 4.56. The molecule has 2 amide bonds. The van der Waals surface area contributed by atoms with Gasteiger partial charge in [0.25, 0.3) is 5.91 Å². The van der Waals surface area contributed by atoms with Gasteiger partial charge in [0.2, 0.25) is 0 Å². The number of aromatic nitrogens is 2. The fourth-order valence-corrected chi connectivity index (χ4v) is 3.49. The number of rotatable bonds is 7. The average Bonchev–Trinajstić information content (AvgIpc) is 3.16. The van der Waals surface area contributed by atoms with Gasteiger partial charge in [-0.25, -0.2) is 23.4 Å². The monoisotopic (exact) mass is 622 g/mol. The molecule has 0 bridgehead atoms. The number of carbonyl (C=O) groups is 3. The van der Waals surface area contributed by atoms with Gasteiger partial charge in [0.1, 0.15) is 29.5 Å². The lowest BCUT2D eigenvalue weighted by Gasteiger charge is -2.21. The number of aliphatic carboxylic acids is 1. The largest absolute Gasteiger partial charge is 0.490 e. The Hall–Kier alpha value is -4.14. The van der Waals surface area contributed by atoms with Crippen LogP contribution in [0.15, 0.2) is 30.5 Å². The zero-order valence-electron chi connectivity index (χ0n) is 23.0. The number of nitrogens with one attached hydrogen (secondary N) is 2. The molecule has 3 aromatic rings. The third-order valence-corrected chi connectivity index (χ3v) is 5.25. The molecule has 10 nitrogen and oxygen atoms in total. The van der Waals surface area contributed by atoms with Crippen molar-refractivity contribution >= 4 is 35.2 Å². The van der Waals surface area contributed by atoms with Crippen molar-refractivity contribution in [1.29, 1.82) is 0 Å². The first-order valence-corrected chi connectivity index (χ1v) is 12.5. The maximum atomic E-state index is 14.0. The molecule has 1 aromatic carbocycles. The zero-order chi connectivity index (χ0) is 32.0. The minimum atomic E-state index is -5.08. The molecule has 0 aliphatic heterocycles. The van der Waals surface area contributed by atoms with E-state index in [9.17, 15) is 31.5 Å². The van der Waals surface area contributed by atoms with Crippen LogP contribution in [0.3, 0.4) is 0 Å². The lowest BCUT2D eigenvalue weighted by Crippen LogP contribution is -2.43. The number of carboxylic acids is 1. The summed E-state index contributed by atoms with van der Waals surface area (Å²) >= 11 is 6.23. The number of amides is 2. The number of ether oxygens (including phenoxy) is 2. The van der Waals surface area contributed by atoms with Crippen molar-refractivity contribution in [3.05, 3.63) is 64.1 Å². The van der Waals surface area contributed by atoms with Crippen LogP contribution in [0.4, 0.5) is 26.7 Å². The highest BCUT2D eigenvalue weighted by atomic mass is 35.5. The third kappa shape index (κ3) is 9.75. The summed E-state index contributed by atoms with van der Waals surface area (Å²) in [7, 11) is 0. The molecular formula is C26H28ClF5N4O6. The molecule has 3 rings (SSSR count). The highest BCUT2D eigenvalue weighted by Crippen LogP contribution is 2.28. The van der Waals surface area contributed by atoms with Gasteiger partial charge in [0, 0.05) is 24.8 Å². The minimum Gasteiger partial charge on any atom is -0.485 e. The van der Waals surface area contributed by atoms with Crippen LogP contribution in [-0.2, 0) is 16.1 Å². The molecule has 0 aliphatic carbocycles. The third-order valence-electron chi connectivity index (χ3n) is 5.05. The molecule has 1 atom stereocenters. The van der Waals surface area contributed by atoms with E-state index < -0.39 is 54.0 Å². The number of halogens is 6.